The average molecular weight is 506 g/mol. The molecule has 1 amide bonds. The van der Waals surface area contributed by atoms with Gasteiger partial charge in [-0.2, -0.15) is 11.3 Å². The van der Waals surface area contributed by atoms with E-state index in [1.165, 1.54) is 62.5 Å². The SMILES string of the molecule is O=C(c1cccc(Cl)c1)N1CC(CCCC2CCCC(c3ccccc3)CC2)C(c2ccsc2)C1. The third-order valence-corrected chi connectivity index (χ3v) is 9.25. The predicted molar refractivity (Wildman–Crippen MR) is 148 cm³/mol. The lowest BCUT2D eigenvalue weighted by Crippen LogP contribution is -2.29. The van der Waals surface area contributed by atoms with Gasteiger partial charge >= 0.3 is 0 Å². The Balaban J connectivity index is 1.17. The van der Waals surface area contributed by atoms with Crippen molar-refractivity contribution in [1.29, 1.82) is 0 Å². The summed E-state index contributed by atoms with van der Waals surface area (Å²) in [6.07, 6.45) is 10.6. The number of thiophene rings is 1. The van der Waals surface area contributed by atoms with E-state index in [2.05, 4.69) is 52.1 Å². The van der Waals surface area contributed by atoms with E-state index in [0.29, 0.717) is 22.4 Å². The Hall–Kier alpha value is -2.10. The summed E-state index contributed by atoms with van der Waals surface area (Å²) in [6.45, 7) is 1.67. The monoisotopic (exact) mass is 505 g/mol. The van der Waals surface area contributed by atoms with Gasteiger partial charge in [-0.05, 0) is 89.6 Å². The highest BCUT2D eigenvalue weighted by Crippen LogP contribution is 2.40. The van der Waals surface area contributed by atoms with Gasteiger partial charge in [-0.25, -0.2) is 0 Å². The van der Waals surface area contributed by atoms with Gasteiger partial charge in [0.15, 0.2) is 0 Å². The molecule has 1 saturated heterocycles. The lowest BCUT2D eigenvalue weighted by Gasteiger charge is -2.19. The summed E-state index contributed by atoms with van der Waals surface area (Å²) < 4.78 is 0. The highest BCUT2D eigenvalue weighted by atomic mass is 35.5. The Bertz CT molecular complexity index is 1080. The maximum absolute atomic E-state index is 13.2. The first kappa shape index (κ1) is 24.6. The second kappa shape index (κ2) is 11.8. The van der Waals surface area contributed by atoms with Crippen molar-refractivity contribution < 1.29 is 4.79 Å². The summed E-state index contributed by atoms with van der Waals surface area (Å²) >= 11 is 7.93. The van der Waals surface area contributed by atoms with Gasteiger partial charge in [0.1, 0.15) is 0 Å². The molecule has 4 atom stereocenters. The van der Waals surface area contributed by atoms with Crippen LogP contribution < -0.4 is 0 Å². The summed E-state index contributed by atoms with van der Waals surface area (Å²) in [6, 6.07) is 20.8. The van der Waals surface area contributed by atoms with Gasteiger partial charge in [0.2, 0.25) is 0 Å². The van der Waals surface area contributed by atoms with Crippen LogP contribution in [0.5, 0.6) is 0 Å². The molecule has 0 spiro atoms. The number of carbonyl (C=O) groups excluding carboxylic acids is 1. The van der Waals surface area contributed by atoms with Crippen molar-refractivity contribution in [3.05, 3.63) is 93.1 Å². The van der Waals surface area contributed by atoms with Crippen LogP contribution in [0, 0.1) is 11.8 Å². The first-order chi connectivity index (χ1) is 17.2. The summed E-state index contributed by atoms with van der Waals surface area (Å²) in [5.41, 5.74) is 3.64. The van der Waals surface area contributed by atoms with Gasteiger partial charge in [0.25, 0.3) is 5.91 Å². The number of carbonyl (C=O) groups is 1. The van der Waals surface area contributed by atoms with Gasteiger partial charge in [-0.1, -0.05) is 73.7 Å². The van der Waals surface area contributed by atoms with Crippen LogP contribution >= 0.6 is 22.9 Å². The van der Waals surface area contributed by atoms with Crippen LogP contribution in [0.2, 0.25) is 5.02 Å². The molecule has 2 nitrogen and oxygen atoms in total. The highest BCUT2D eigenvalue weighted by Gasteiger charge is 2.36. The molecule has 3 aromatic rings. The topological polar surface area (TPSA) is 20.3 Å². The Morgan fingerprint density at radius 2 is 1.80 bits per heavy atom. The summed E-state index contributed by atoms with van der Waals surface area (Å²) in [7, 11) is 0. The molecule has 4 unspecified atom stereocenters. The van der Waals surface area contributed by atoms with E-state index >= 15 is 0 Å². The normalized spacial score (nSPS) is 24.9. The Morgan fingerprint density at radius 3 is 2.60 bits per heavy atom. The molecule has 1 aliphatic carbocycles. The van der Waals surface area contributed by atoms with Crippen molar-refractivity contribution in [2.24, 2.45) is 11.8 Å². The van der Waals surface area contributed by atoms with E-state index in [0.717, 1.165) is 24.9 Å². The number of rotatable bonds is 7. The number of nitrogens with zero attached hydrogens (tertiary/aromatic N) is 1. The molecule has 4 heteroatoms. The molecule has 5 rings (SSSR count). The zero-order chi connectivity index (χ0) is 24.0. The fourth-order valence-corrected chi connectivity index (χ4v) is 7.31. The fraction of sp³-hybridized carbons (Fsp3) is 0.452. The van der Waals surface area contributed by atoms with E-state index in [4.69, 9.17) is 11.6 Å². The quantitative estimate of drug-likeness (QED) is 0.294. The van der Waals surface area contributed by atoms with Crippen molar-refractivity contribution in [3.63, 3.8) is 0 Å². The largest absolute Gasteiger partial charge is 0.338 e. The second-order valence-electron chi connectivity index (χ2n) is 10.6. The number of amides is 1. The smallest absolute Gasteiger partial charge is 0.253 e. The third kappa shape index (κ3) is 6.19. The maximum atomic E-state index is 13.2. The predicted octanol–water partition coefficient (Wildman–Crippen LogP) is 8.79. The summed E-state index contributed by atoms with van der Waals surface area (Å²) in [5, 5.41) is 5.07. The van der Waals surface area contributed by atoms with Crippen molar-refractivity contribution in [1.82, 2.24) is 4.90 Å². The van der Waals surface area contributed by atoms with Gasteiger partial charge in [-0.15, -0.1) is 0 Å². The lowest BCUT2D eigenvalue weighted by atomic mass is 9.85. The number of hydrogen-bond donors (Lipinski definition) is 0. The first-order valence-corrected chi connectivity index (χ1v) is 14.6. The average Bonchev–Trinajstić information content (AvgIpc) is 3.50. The fourth-order valence-electron chi connectivity index (χ4n) is 6.39. The van der Waals surface area contributed by atoms with E-state index in [1.54, 1.807) is 17.4 Å². The van der Waals surface area contributed by atoms with Gasteiger partial charge in [-0.3, -0.25) is 4.79 Å². The molecular weight excluding hydrogens is 470 g/mol. The standard InChI is InChI=1S/C31H36ClNOS/c32-29-14-6-12-26(19-29)31(34)33-20-27(30(21-33)28-17-18-35-22-28)13-5-8-23-7-4-11-25(16-15-23)24-9-2-1-3-10-24/h1-3,6,9-10,12,14,17-19,22-23,25,27,30H,4-5,7-8,11,13,15-16,20-21H2. The van der Waals surface area contributed by atoms with Crippen LogP contribution in [0.4, 0.5) is 0 Å². The summed E-state index contributed by atoms with van der Waals surface area (Å²) in [4.78, 5) is 15.3. The van der Waals surface area contributed by atoms with Crippen molar-refractivity contribution >= 4 is 28.8 Å². The van der Waals surface area contributed by atoms with Crippen LogP contribution in [-0.4, -0.2) is 23.9 Å². The Labute approximate surface area is 219 Å². The molecule has 2 fully saturated rings. The zero-order valence-corrected chi connectivity index (χ0v) is 22.0. The van der Waals surface area contributed by atoms with Crippen LogP contribution in [0.1, 0.15) is 84.7 Å². The molecular formula is C31H36ClNOS. The van der Waals surface area contributed by atoms with Crippen molar-refractivity contribution in [2.45, 2.75) is 63.2 Å². The molecule has 35 heavy (non-hydrogen) atoms. The molecule has 0 radical (unpaired) electrons. The van der Waals surface area contributed by atoms with E-state index in [9.17, 15) is 4.79 Å². The van der Waals surface area contributed by atoms with E-state index < -0.39 is 0 Å². The van der Waals surface area contributed by atoms with Gasteiger partial charge in [0.05, 0.1) is 0 Å². The van der Waals surface area contributed by atoms with Crippen LogP contribution in [0.15, 0.2) is 71.4 Å². The number of benzene rings is 2. The molecule has 2 aliphatic rings. The molecule has 2 heterocycles. The minimum atomic E-state index is 0.117. The van der Waals surface area contributed by atoms with Crippen molar-refractivity contribution in [3.8, 4) is 0 Å². The van der Waals surface area contributed by atoms with E-state index in [-0.39, 0.29) is 5.91 Å². The lowest BCUT2D eigenvalue weighted by molar-refractivity contribution is 0.0785. The zero-order valence-electron chi connectivity index (χ0n) is 20.5. The number of halogens is 1. The second-order valence-corrected chi connectivity index (χ2v) is 11.8. The third-order valence-electron chi connectivity index (χ3n) is 8.32. The minimum Gasteiger partial charge on any atom is -0.338 e. The van der Waals surface area contributed by atoms with Crippen LogP contribution in [-0.2, 0) is 0 Å². The molecule has 0 N–H and O–H groups in total. The molecule has 184 valence electrons. The highest BCUT2D eigenvalue weighted by molar-refractivity contribution is 7.08. The van der Waals surface area contributed by atoms with Crippen LogP contribution in [0.25, 0.3) is 0 Å². The summed E-state index contributed by atoms with van der Waals surface area (Å²) in [5.74, 6) is 2.70. The first-order valence-electron chi connectivity index (χ1n) is 13.3. The number of likely N-dealkylation sites (tertiary alicyclic amines) is 1. The van der Waals surface area contributed by atoms with Crippen molar-refractivity contribution in [2.75, 3.05) is 13.1 Å². The maximum Gasteiger partial charge on any atom is 0.253 e. The van der Waals surface area contributed by atoms with Gasteiger partial charge in [0, 0.05) is 29.6 Å². The van der Waals surface area contributed by atoms with Crippen LogP contribution in [0.3, 0.4) is 0 Å². The minimum absolute atomic E-state index is 0.117. The number of hydrogen-bond acceptors (Lipinski definition) is 2. The molecule has 2 aromatic carbocycles. The molecule has 1 aromatic heterocycles. The molecule has 0 bridgehead atoms. The molecule has 1 saturated carbocycles. The van der Waals surface area contributed by atoms with Gasteiger partial charge < -0.3 is 4.90 Å². The Kier molecular flexibility index (Phi) is 8.26. The van der Waals surface area contributed by atoms with E-state index in [1.807, 2.05) is 18.2 Å². The Morgan fingerprint density at radius 1 is 0.914 bits per heavy atom. The molecule has 1 aliphatic heterocycles.